The number of aldehydes is 1. The van der Waals surface area contributed by atoms with Gasteiger partial charge in [-0.15, -0.1) is 0 Å². The van der Waals surface area contributed by atoms with Gasteiger partial charge in [0.15, 0.2) is 12.6 Å². The average Bonchev–Trinajstić information content (AvgIpc) is 3.61. The van der Waals surface area contributed by atoms with Crippen LogP contribution in [0.15, 0.2) is 11.6 Å². The maximum Gasteiger partial charge on any atom is 0.331 e. The molecule has 0 spiro atoms. The third kappa shape index (κ3) is 5.47. The van der Waals surface area contributed by atoms with Gasteiger partial charge in [-0.2, -0.15) is 0 Å². The number of esters is 1. The van der Waals surface area contributed by atoms with Crippen molar-refractivity contribution in [1.29, 1.82) is 0 Å². The first-order chi connectivity index (χ1) is 23.2. The van der Waals surface area contributed by atoms with E-state index in [0.29, 0.717) is 44.9 Å². The molecule has 3 aliphatic heterocycles. The molecule has 7 aliphatic rings. The fourth-order valence-electron chi connectivity index (χ4n) is 11.3. The van der Waals surface area contributed by atoms with E-state index in [1.807, 2.05) is 0 Å². The minimum absolute atomic E-state index is 0.00470. The summed E-state index contributed by atoms with van der Waals surface area (Å²) in [7, 11) is 0. The first-order valence-electron chi connectivity index (χ1n) is 17.9. The van der Waals surface area contributed by atoms with Crippen molar-refractivity contribution >= 4 is 12.3 Å². The van der Waals surface area contributed by atoms with Gasteiger partial charge in [-0.3, -0.25) is 0 Å². The molecule has 14 nitrogen and oxygen atoms in total. The van der Waals surface area contributed by atoms with Crippen LogP contribution in [0, 0.1) is 28.6 Å². The Balaban J connectivity index is 1.00. The molecule has 4 saturated carbocycles. The van der Waals surface area contributed by atoms with Crippen LogP contribution in [0.4, 0.5) is 0 Å². The molecule has 4 aliphatic carbocycles. The number of fused-ring (bicyclic) bond motifs is 5. The van der Waals surface area contributed by atoms with E-state index in [4.69, 9.17) is 23.7 Å². The van der Waals surface area contributed by atoms with Gasteiger partial charge in [-0.1, -0.05) is 6.92 Å². The molecule has 7 rings (SSSR count). The smallest absolute Gasteiger partial charge is 0.331 e. The van der Waals surface area contributed by atoms with Gasteiger partial charge in [0.25, 0.3) is 0 Å². The lowest BCUT2D eigenvalue weighted by molar-refractivity contribution is -0.345. The zero-order valence-electron chi connectivity index (χ0n) is 28.1. The molecule has 0 aromatic heterocycles. The number of hydrogen-bond donors (Lipinski definition) is 7. The summed E-state index contributed by atoms with van der Waals surface area (Å²) in [5.74, 6) is -0.688. The number of ether oxygens (including phenoxy) is 5. The minimum Gasteiger partial charge on any atom is -0.458 e. The molecular formula is C35H52O14. The summed E-state index contributed by atoms with van der Waals surface area (Å²) in [6, 6.07) is 0. The normalized spacial score (nSPS) is 54.3. The van der Waals surface area contributed by atoms with Gasteiger partial charge < -0.3 is 64.2 Å². The van der Waals surface area contributed by atoms with Crippen LogP contribution in [0.5, 0.6) is 0 Å². The maximum atomic E-state index is 13.2. The summed E-state index contributed by atoms with van der Waals surface area (Å²) in [6.45, 7) is 3.42. The predicted octanol–water partition coefficient (Wildman–Crippen LogP) is -0.397. The van der Waals surface area contributed by atoms with Crippen LogP contribution in [-0.2, 0) is 33.3 Å². The molecule has 49 heavy (non-hydrogen) atoms. The Morgan fingerprint density at radius 2 is 1.69 bits per heavy atom. The lowest BCUT2D eigenvalue weighted by Gasteiger charge is -2.65. The van der Waals surface area contributed by atoms with E-state index in [1.54, 1.807) is 13.0 Å². The van der Waals surface area contributed by atoms with E-state index in [-0.39, 0.29) is 43.2 Å². The zero-order valence-corrected chi connectivity index (χ0v) is 28.1. The Morgan fingerprint density at radius 1 is 0.939 bits per heavy atom. The Bertz CT molecular complexity index is 1300. The van der Waals surface area contributed by atoms with Gasteiger partial charge >= 0.3 is 5.97 Å². The SMILES string of the molecule is C[C@@H]1O[C@@H](O[C@H]2CC[C@]3(C=O)[C@@H]4CC[C@]5(C)[C@@H](C6=CC(=O)OC6)CC[C@]5(O)[C@@H]4CC[C@]3(O)C2)C[C@@H](O)[C@H]1O[C@@H]1O[C@@H](CO)[C@H](O)[C@@H](O)[C@@H]1O. The molecule has 276 valence electrons. The Kier molecular flexibility index (Phi) is 9.38. The van der Waals surface area contributed by atoms with Crippen LogP contribution in [-0.4, -0.2) is 134 Å². The lowest BCUT2D eigenvalue weighted by atomic mass is 9.41. The van der Waals surface area contributed by atoms with Crippen molar-refractivity contribution in [3.8, 4) is 0 Å². The molecule has 0 bridgehead atoms. The van der Waals surface area contributed by atoms with E-state index in [0.717, 1.165) is 18.3 Å². The monoisotopic (exact) mass is 696 g/mol. The highest BCUT2D eigenvalue weighted by atomic mass is 16.7. The van der Waals surface area contributed by atoms with Crippen molar-refractivity contribution in [3.63, 3.8) is 0 Å². The molecule has 0 aromatic carbocycles. The summed E-state index contributed by atoms with van der Waals surface area (Å²) in [5.41, 5.74) is -2.94. The summed E-state index contributed by atoms with van der Waals surface area (Å²) in [5, 5.41) is 75.9. The quantitative estimate of drug-likeness (QED) is 0.102. The summed E-state index contributed by atoms with van der Waals surface area (Å²) >= 11 is 0. The molecule has 0 amide bonds. The highest BCUT2D eigenvalue weighted by Crippen LogP contribution is 2.70. The average molecular weight is 697 g/mol. The second kappa shape index (κ2) is 12.8. The van der Waals surface area contributed by atoms with E-state index in [1.165, 1.54) is 0 Å². The number of rotatable bonds is 7. The topological polar surface area (TPSA) is 222 Å². The zero-order chi connectivity index (χ0) is 35.1. The predicted molar refractivity (Wildman–Crippen MR) is 166 cm³/mol. The van der Waals surface area contributed by atoms with E-state index in [2.05, 4.69) is 6.92 Å². The Morgan fingerprint density at radius 3 is 2.37 bits per heavy atom. The highest BCUT2D eigenvalue weighted by molar-refractivity contribution is 5.85. The molecule has 14 heteroatoms. The largest absolute Gasteiger partial charge is 0.458 e. The van der Waals surface area contributed by atoms with Gasteiger partial charge in [-0.05, 0) is 81.6 Å². The fraction of sp³-hybridized carbons (Fsp3) is 0.886. The maximum absolute atomic E-state index is 13.2. The molecule has 0 unspecified atom stereocenters. The molecule has 6 fully saturated rings. The van der Waals surface area contributed by atoms with Crippen molar-refractivity contribution in [2.45, 2.75) is 151 Å². The minimum atomic E-state index is -1.62. The molecule has 2 saturated heterocycles. The number of carbonyl (C=O) groups is 2. The number of cyclic esters (lactones) is 1. The lowest BCUT2D eigenvalue weighted by Crippen LogP contribution is -2.69. The summed E-state index contributed by atoms with van der Waals surface area (Å²) in [6.07, 6.45) is -4.38. The van der Waals surface area contributed by atoms with Crippen molar-refractivity contribution < 1.29 is 69.0 Å². The molecular weight excluding hydrogens is 644 g/mol. The van der Waals surface area contributed by atoms with Crippen LogP contribution in [0.1, 0.15) is 78.1 Å². The van der Waals surface area contributed by atoms with Gasteiger partial charge in [0.05, 0.1) is 41.5 Å². The molecule has 17 atom stereocenters. The van der Waals surface area contributed by atoms with Crippen molar-refractivity contribution in [2.24, 2.45) is 28.6 Å². The van der Waals surface area contributed by atoms with E-state index in [9.17, 15) is 45.3 Å². The van der Waals surface area contributed by atoms with E-state index >= 15 is 0 Å². The van der Waals surface area contributed by atoms with Gasteiger partial charge in [0.1, 0.15) is 43.4 Å². The highest BCUT2D eigenvalue weighted by Gasteiger charge is 2.71. The first kappa shape index (κ1) is 35.8. The molecule has 3 heterocycles. The Hall–Kier alpha value is -1.56. The summed E-state index contributed by atoms with van der Waals surface area (Å²) < 4.78 is 28.9. The van der Waals surface area contributed by atoms with Crippen molar-refractivity contribution in [2.75, 3.05) is 13.2 Å². The van der Waals surface area contributed by atoms with Gasteiger partial charge in [0.2, 0.25) is 0 Å². The van der Waals surface area contributed by atoms with Crippen molar-refractivity contribution in [3.05, 3.63) is 11.6 Å². The van der Waals surface area contributed by atoms with Crippen LogP contribution in [0.2, 0.25) is 0 Å². The number of carbonyl (C=O) groups excluding carboxylic acids is 2. The summed E-state index contributed by atoms with van der Waals surface area (Å²) in [4.78, 5) is 25.0. The molecule has 0 aromatic rings. The standard InChI is InChI=1S/C35H52O14/c1-17-30(49-31-29(42)28(41)27(40)24(14-36)48-31)23(38)12-26(46-17)47-19-3-8-33(16-37)21-4-7-32(2)20(18-11-25(39)45-15-18)6-10-35(32,44)22(21)5-9-34(33,43)13-19/h11,16-17,19-24,26-31,36,38,40-44H,3-10,12-15H2,1-2H3/t17-,19-,20+,21+,22+,23+,24-,26-,27-,28+,29-,30-,31-,32+,33-,34-,35-/m0/s1. The fourth-order valence-corrected chi connectivity index (χ4v) is 11.3. The molecule has 7 N–H and O–H groups in total. The number of aliphatic hydroxyl groups excluding tert-OH is 5. The van der Waals surface area contributed by atoms with Gasteiger partial charge in [-0.25, -0.2) is 4.79 Å². The number of aliphatic hydroxyl groups is 7. The van der Waals surface area contributed by atoms with Gasteiger partial charge in [0, 0.05) is 24.3 Å². The van der Waals surface area contributed by atoms with Crippen LogP contribution < -0.4 is 0 Å². The second-order valence-corrected chi connectivity index (χ2v) is 16.1. The van der Waals surface area contributed by atoms with Crippen molar-refractivity contribution in [1.82, 2.24) is 0 Å². The van der Waals surface area contributed by atoms with E-state index < -0.39 is 90.1 Å². The molecule has 0 radical (unpaired) electrons. The first-order valence-corrected chi connectivity index (χ1v) is 17.9. The Labute approximate surface area is 285 Å². The number of hydrogen-bond acceptors (Lipinski definition) is 14. The van der Waals surface area contributed by atoms with Crippen LogP contribution in [0.25, 0.3) is 0 Å². The third-order valence-electron chi connectivity index (χ3n) is 14.0. The van der Waals surface area contributed by atoms with Crippen LogP contribution >= 0.6 is 0 Å². The van der Waals surface area contributed by atoms with Crippen LogP contribution in [0.3, 0.4) is 0 Å². The third-order valence-corrected chi connectivity index (χ3v) is 14.0. The second-order valence-electron chi connectivity index (χ2n) is 16.1.